The molecule has 3 heterocycles. The van der Waals surface area contributed by atoms with Crippen molar-refractivity contribution in [3.05, 3.63) is 63.2 Å². The van der Waals surface area contributed by atoms with Gasteiger partial charge in [0.15, 0.2) is 0 Å². The van der Waals surface area contributed by atoms with Gasteiger partial charge in [-0.25, -0.2) is 5.01 Å². The van der Waals surface area contributed by atoms with Crippen molar-refractivity contribution in [1.29, 1.82) is 0 Å². The predicted octanol–water partition coefficient (Wildman–Crippen LogP) is 3.30. The maximum atomic E-state index is 12.9. The zero-order chi connectivity index (χ0) is 19.7. The third-order valence-electron chi connectivity index (χ3n) is 4.31. The largest absolute Gasteiger partial charge is 0.497 e. The van der Waals surface area contributed by atoms with Crippen molar-refractivity contribution in [2.75, 3.05) is 7.11 Å². The van der Waals surface area contributed by atoms with Gasteiger partial charge in [-0.05, 0) is 35.3 Å². The summed E-state index contributed by atoms with van der Waals surface area (Å²) in [6.45, 7) is 0. The summed E-state index contributed by atoms with van der Waals surface area (Å²) in [6.07, 6.45) is 1.71. The first-order chi connectivity index (χ1) is 13.5. The van der Waals surface area contributed by atoms with Crippen molar-refractivity contribution in [3.8, 4) is 5.75 Å². The van der Waals surface area contributed by atoms with Gasteiger partial charge in [0, 0.05) is 22.9 Å². The van der Waals surface area contributed by atoms with Gasteiger partial charge in [-0.1, -0.05) is 18.2 Å². The number of benzene rings is 1. The Morgan fingerprint density at radius 2 is 2.18 bits per heavy atom. The minimum absolute atomic E-state index is 0.0740. The molecule has 0 saturated carbocycles. The lowest BCUT2D eigenvalue weighted by atomic mass is 10.0. The van der Waals surface area contributed by atoms with Gasteiger partial charge in [0.2, 0.25) is 0 Å². The van der Waals surface area contributed by atoms with Gasteiger partial charge in [-0.15, -0.1) is 11.3 Å². The number of thioether (sulfide) groups is 1. The fraction of sp³-hybridized carbons (Fsp3) is 0.158. The molecule has 1 fully saturated rings. The molecular formula is C19H15N3O4S2. The Hall–Kier alpha value is -2.91. The number of hydrogen-bond acceptors (Lipinski definition) is 7. The van der Waals surface area contributed by atoms with E-state index in [2.05, 4.69) is 10.4 Å². The quantitative estimate of drug-likeness (QED) is 0.777. The monoisotopic (exact) mass is 413 g/mol. The zero-order valence-electron chi connectivity index (χ0n) is 14.7. The summed E-state index contributed by atoms with van der Waals surface area (Å²) in [5, 5.41) is 9.52. The molecule has 0 spiro atoms. The van der Waals surface area contributed by atoms with E-state index in [1.54, 1.807) is 7.11 Å². The Labute approximate surface area is 169 Å². The number of rotatable bonds is 4. The molecule has 1 aromatic carbocycles. The minimum atomic E-state index is -0.563. The highest BCUT2D eigenvalue weighted by atomic mass is 32.2. The molecule has 1 atom stereocenters. The van der Waals surface area contributed by atoms with Crippen LogP contribution in [0.2, 0.25) is 0 Å². The maximum Gasteiger partial charge on any atom is 0.290 e. The van der Waals surface area contributed by atoms with Gasteiger partial charge in [0.25, 0.3) is 17.1 Å². The molecule has 142 valence electrons. The summed E-state index contributed by atoms with van der Waals surface area (Å²) in [5.74, 6) is -0.298. The molecule has 3 amide bonds. The van der Waals surface area contributed by atoms with Crippen LogP contribution in [0.5, 0.6) is 5.75 Å². The van der Waals surface area contributed by atoms with Crippen LogP contribution in [-0.4, -0.2) is 34.9 Å². The smallest absolute Gasteiger partial charge is 0.290 e. The number of nitrogens with one attached hydrogen (secondary N) is 1. The Kier molecular flexibility index (Phi) is 5.01. The van der Waals surface area contributed by atoms with Crippen molar-refractivity contribution in [1.82, 2.24) is 10.3 Å². The van der Waals surface area contributed by atoms with E-state index in [9.17, 15) is 14.4 Å². The molecule has 1 saturated heterocycles. The molecule has 1 aromatic heterocycles. The summed E-state index contributed by atoms with van der Waals surface area (Å²) in [4.78, 5) is 37.0. The summed E-state index contributed by atoms with van der Waals surface area (Å²) in [5.41, 5.74) is 1.62. The van der Waals surface area contributed by atoms with E-state index < -0.39 is 17.1 Å². The van der Waals surface area contributed by atoms with E-state index in [4.69, 9.17) is 4.74 Å². The standard InChI is InChI=1S/C19H15N3O4S2/c1-26-12-5-2-4-11(8-12)13-9-14(15-6-3-7-27-15)22(21-13)17(23)10-16-18(24)20-19(25)28-16/h2-8,10,14H,9H2,1H3,(H,20,24,25)/b16-10-. The molecule has 4 rings (SSSR count). The number of methoxy groups -OCH3 is 1. The van der Waals surface area contributed by atoms with Crippen molar-refractivity contribution in [2.24, 2.45) is 5.10 Å². The lowest BCUT2D eigenvalue weighted by Crippen LogP contribution is -2.25. The van der Waals surface area contributed by atoms with E-state index in [0.29, 0.717) is 23.9 Å². The Balaban J connectivity index is 1.67. The molecule has 0 radical (unpaired) electrons. The number of hydrogen-bond donors (Lipinski definition) is 1. The average molecular weight is 413 g/mol. The fourth-order valence-electron chi connectivity index (χ4n) is 2.99. The lowest BCUT2D eigenvalue weighted by molar-refractivity contribution is -0.128. The number of amides is 3. The molecule has 2 aliphatic heterocycles. The number of thiophene rings is 1. The number of carbonyl (C=O) groups is 3. The summed E-state index contributed by atoms with van der Waals surface area (Å²) in [7, 11) is 1.59. The molecule has 7 nitrogen and oxygen atoms in total. The third kappa shape index (κ3) is 3.58. The Morgan fingerprint density at radius 3 is 2.86 bits per heavy atom. The van der Waals surface area contributed by atoms with Crippen LogP contribution in [0, 0.1) is 0 Å². The SMILES string of the molecule is COc1cccc(C2=NN(C(=O)/C=C3\SC(=O)NC3=O)C(c3cccs3)C2)c1. The zero-order valence-corrected chi connectivity index (χ0v) is 16.4. The van der Waals surface area contributed by atoms with E-state index in [-0.39, 0.29) is 10.9 Å². The van der Waals surface area contributed by atoms with Gasteiger partial charge in [0.05, 0.1) is 23.8 Å². The van der Waals surface area contributed by atoms with Gasteiger partial charge in [-0.2, -0.15) is 5.10 Å². The normalized spacial score (nSPS) is 20.5. The van der Waals surface area contributed by atoms with E-state index in [1.165, 1.54) is 22.4 Å². The first-order valence-electron chi connectivity index (χ1n) is 8.38. The van der Waals surface area contributed by atoms with Crippen LogP contribution >= 0.6 is 23.1 Å². The van der Waals surface area contributed by atoms with Gasteiger partial charge in [-0.3, -0.25) is 19.7 Å². The first kappa shape index (κ1) is 18.5. The topological polar surface area (TPSA) is 88.1 Å². The number of carbonyl (C=O) groups excluding carboxylic acids is 3. The van der Waals surface area contributed by atoms with Crippen LogP contribution in [0.25, 0.3) is 0 Å². The second-order valence-corrected chi connectivity index (χ2v) is 8.04. The third-order valence-corrected chi connectivity index (χ3v) is 6.09. The van der Waals surface area contributed by atoms with E-state index in [1.807, 2.05) is 41.8 Å². The second kappa shape index (κ2) is 7.61. The van der Waals surface area contributed by atoms with Gasteiger partial charge >= 0.3 is 0 Å². The molecule has 9 heteroatoms. The van der Waals surface area contributed by atoms with Crippen LogP contribution < -0.4 is 10.1 Å². The number of ether oxygens (including phenoxy) is 1. The van der Waals surface area contributed by atoms with Crippen LogP contribution in [0.1, 0.15) is 22.9 Å². The van der Waals surface area contributed by atoms with Gasteiger partial charge < -0.3 is 4.74 Å². The van der Waals surface area contributed by atoms with Crippen molar-refractivity contribution < 1.29 is 19.1 Å². The summed E-state index contributed by atoms with van der Waals surface area (Å²) < 4.78 is 5.28. The number of imide groups is 1. The molecule has 1 N–H and O–H groups in total. The van der Waals surface area contributed by atoms with Crippen LogP contribution in [0.4, 0.5) is 4.79 Å². The van der Waals surface area contributed by atoms with Gasteiger partial charge in [0.1, 0.15) is 5.75 Å². The predicted molar refractivity (Wildman–Crippen MR) is 107 cm³/mol. The lowest BCUT2D eigenvalue weighted by Gasteiger charge is -2.19. The van der Waals surface area contributed by atoms with E-state index in [0.717, 1.165) is 16.2 Å². The fourth-order valence-corrected chi connectivity index (χ4v) is 4.45. The highest BCUT2D eigenvalue weighted by Gasteiger charge is 2.34. The second-order valence-electron chi connectivity index (χ2n) is 6.05. The molecule has 0 aliphatic carbocycles. The summed E-state index contributed by atoms with van der Waals surface area (Å²) in [6, 6.07) is 11.1. The van der Waals surface area contributed by atoms with Crippen molar-refractivity contribution in [3.63, 3.8) is 0 Å². The minimum Gasteiger partial charge on any atom is -0.497 e. The molecule has 2 aromatic rings. The highest BCUT2D eigenvalue weighted by molar-refractivity contribution is 8.18. The molecule has 1 unspecified atom stereocenters. The number of nitrogens with zero attached hydrogens (tertiary/aromatic N) is 2. The molecule has 0 bridgehead atoms. The molecular weight excluding hydrogens is 398 g/mol. The van der Waals surface area contributed by atoms with Crippen molar-refractivity contribution in [2.45, 2.75) is 12.5 Å². The van der Waals surface area contributed by atoms with E-state index >= 15 is 0 Å². The highest BCUT2D eigenvalue weighted by Crippen LogP contribution is 2.36. The molecule has 28 heavy (non-hydrogen) atoms. The van der Waals surface area contributed by atoms with Crippen molar-refractivity contribution >= 4 is 45.9 Å². The van der Waals surface area contributed by atoms with Crippen LogP contribution in [-0.2, 0) is 9.59 Å². The Morgan fingerprint density at radius 1 is 1.32 bits per heavy atom. The molecule has 2 aliphatic rings. The first-order valence-corrected chi connectivity index (χ1v) is 10.1. The average Bonchev–Trinajstić information content (AvgIpc) is 3.42. The van der Waals surface area contributed by atoms with Crippen LogP contribution in [0.3, 0.4) is 0 Å². The van der Waals surface area contributed by atoms with Crippen LogP contribution in [0.15, 0.2) is 57.9 Å². The Bertz CT molecular complexity index is 1010. The number of hydrazone groups is 1. The summed E-state index contributed by atoms with van der Waals surface area (Å²) >= 11 is 2.25. The maximum absolute atomic E-state index is 12.9.